The first-order chi connectivity index (χ1) is 13.7. The van der Waals surface area contributed by atoms with Crippen LogP contribution in [0.2, 0.25) is 0 Å². The maximum atomic E-state index is 14.3. The molecule has 0 bridgehead atoms. The Morgan fingerprint density at radius 2 is 1.41 bits per heavy atom. The summed E-state index contributed by atoms with van der Waals surface area (Å²) >= 11 is 0. The Labute approximate surface area is 175 Å². The fraction of sp³-hybridized carbons (Fsp3) is 0.333. The first kappa shape index (κ1) is 21.3. The van der Waals surface area contributed by atoms with Crippen molar-refractivity contribution in [2.24, 2.45) is 0 Å². The third-order valence-electron chi connectivity index (χ3n) is 5.55. The van der Waals surface area contributed by atoms with E-state index in [1.54, 1.807) is 13.8 Å². The van der Waals surface area contributed by atoms with Gasteiger partial charge in [-0.25, -0.2) is 4.39 Å². The summed E-state index contributed by atoms with van der Waals surface area (Å²) in [6, 6.07) is 25.4. The number of hydrogen-bond donors (Lipinski definition) is 1. The summed E-state index contributed by atoms with van der Waals surface area (Å²) in [5, 5.41) is 3.60. The molecule has 3 aromatic rings. The third kappa shape index (κ3) is 5.55. The zero-order chi connectivity index (χ0) is 21.0. The molecule has 0 saturated carbocycles. The Morgan fingerprint density at radius 3 is 2.00 bits per heavy atom. The number of hydrogen-bond acceptors (Lipinski definition) is 1. The van der Waals surface area contributed by atoms with Crippen molar-refractivity contribution < 1.29 is 4.39 Å². The molecule has 1 nitrogen and oxygen atoms in total. The van der Waals surface area contributed by atoms with Crippen molar-refractivity contribution >= 4 is 0 Å². The molecule has 0 aliphatic heterocycles. The Kier molecular flexibility index (Phi) is 6.54. The van der Waals surface area contributed by atoms with Crippen LogP contribution < -0.4 is 5.32 Å². The highest BCUT2D eigenvalue weighted by Crippen LogP contribution is 2.29. The van der Waals surface area contributed by atoms with Gasteiger partial charge in [0.2, 0.25) is 0 Å². The fourth-order valence-electron chi connectivity index (χ4n) is 3.44. The predicted molar refractivity (Wildman–Crippen MR) is 122 cm³/mol. The number of halogens is 1. The van der Waals surface area contributed by atoms with Crippen LogP contribution in [-0.2, 0) is 12.2 Å². The van der Waals surface area contributed by atoms with Crippen molar-refractivity contribution in [3.63, 3.8) is 0 Å². The van der Waals surface area contributed by atoms with Crippen LogP contribution in [0, 0.1) is 0 Å². The van der Waals surface area contributed by atoms with E-state index in [0.717, 1.165) is 17.7 Å². The molecule has 0 fully saturated rings. The van der Waals surface area contributed by atoms with Gasteiger partial charge in [-0.15, -0.1) is 0 Å². The first-order valence-electron chi connectivity index (χ1n) is 10.5. The minimum atomic E-state index is -1.33. The van der Waals surface area contributed by atoms with Gasteiger partial charge in [-0.3, -0.25) is 0 Å². The van der Waals surface area contributed by atoms with Crippen LogP contribution in [0.15, 0.2) is 72.8 Å². The molecule has 0 spiro atoms. The maximum absolute atomic E-state index is 14.3. The lowest BCUT2D eigenvalue weighted by atomic mass is 9.94. The Hall–Kier alpha value is -2.45. The van der Waals surface area contributed by atoms with Crippen LogP contribution in [0.3, 0.4) is 0 Å². The lowest BCUT2D eigenvalue weighted by Crippen LogP contribution is -2.18. The van der Waals surface area contributed by atoms with Crippen LogP contribution in [0.1, 0.15) is 68.8 Å². The van der Waals surface area contributed by atoms with E-state index in [9.17, 15) is 4.39 Å². The van der Waals surface area contributed by atoms with E-state index in [0.29, 0.717) is 11.5 Å². The second-order valence-electron chi connectivity index (χ2n) is 8.67. The minimum absolute atomic E-state index is 0.255. The number of benzene rings is 3. The molecule has 0 radical (unpaired) electrons. The van der Waals surface area contributed by atoms with Gasteiger partial charge in [0.15, 0.2) is 0 Å². The molecule has 1 unspecified atom stereocenters. The molecule has 152 valence electrons. The molecule has 1 atom stereocenters. The van der Waals surface area contributed by atoms with E-state index in [2.05, 4.69) is 74.6 Å². The van der Waals surface area contributed by atoms with Gasteiger partial charge < -0.3 is 5.32 Å². The highest BCUT2D eigenvalue weighted by atomic mass is 19.1. The number of rotatable bonds is 7. The van der Waals surface area contributed by atoms with Gasteiger partial charge in [0.1, 0.15) is 5.67 Å². The van der Waals surface area contributed by atoms with Crippen molar-refractivity contribution in [3.8, 4) is 11.1 Å². The Bertz CT molecular complexity index is 918. The molecule has 3 rings (SSSR count). The standard InChI is InChI=1S/C27H32FN/c1-19(2)22-11-9-21(10-12-22)18-29-20(3)23-13-15-24(16-14-23)25-7-6-8-26(17-25)27(4,5)28/h6-17,19-20,29H,18H2,1-5H3. The summed E-state index contributed by atoms with van der Waals surface area (Å²) in [6.07, 6.45) is 0. The van der Waals surface area contributed by atoms with E-state index in [-0.39, 0.29) is 6.04 Å². The second-order valence-corrected chi connectivity index (χ2v) is 8.67. The molecule has 0 aliphatic rings. The van der Waals surface area contributed by atoms with Crippen molar-refractivity contribution in [1.82, 2.24) is 5.32 Å². The summed E-state index contributed by atoms with van der Waals surface area (Å²) < 4.78 is 14.3. The largest absolute Gasteiger partial charge is 0.306 e. The SMILES string of the molecule is CC(C)c1ccc(CNC(C)c2ccc(-c3cccc(C(C)(C)F)c3)cc2)cc1. The van der Waals surface area contributed by atoms with Gasteiger partial charge in [0.05, 0.1) is 0 Å². The summed E-state index contributed by atoms with van der Waals surface area (Å²) in [5.41, 5.74) is 5.44. The molecule has 0 aliphatic carbocycles. The van der Waals surface area contributed by atoms with Crippen molar-refractivity contribution in [2.45, 2.75) is 58.8 Å². The fourth-order valence-corrected chi connectivity index (χ4v) is 3.44. The van der Waals surface area contributed by atoms with Gasteiger partial charge in [0.25, 0.3) is 0 Å². The molecular formula is C27H32FN. The summed E-state index contributed by atoms with van der Waals surface area (Å²) in [5.74, 6) is 0.561. The molecule has 0 heterocycles. The van der Waals surface area contributed by atoms with E-state index in [4.69, 9.17) is 0 Å². The van der Waals surface area contributed by atoms with E-state index in [1.807, 2.05) is 24.3 Å². The molecule has 2 heteroatoms. The summed E-state index contributed by atoms with van der Waals surface area (Å²) in [7, 11) is 0. The Balaban J connectivity index is 1.65. The quantitative estimate of drug-likeness (QED) is 0.440. The lowest BCUT2D eigenvalue weighted by Gasteiger charge is -2.17. The van der Waals surface area contributed by atoms with Crippen LogP contribution in [0.5, 0.6) is 0 Å². The number of nitrogens with one attached hydrogen (secondary N) is 1. The van der Waals surface area contributed by atoms with Gasteiger partial charge in [0, 0.05) is 12.6 Å². The van der Waals surface area contributed by atoms with E-state index >= 15 is 0 Å². The molecule has 0 aromatic heterocycles. The highest BCUT2D eigenvalue weighted by molar-refractivity contribution is 5.64. The molecule has 0 saturated heterocycles. The monoisotopic (exact) mass is 389 g/mol. The van der Waals surface area contributed by atoms with Crippen LogP contribution in [0.25, 0.3) is 11.1 Å². The molecule has 29 heavy (non-hydrogen) atoms. The predicted octanol–water partition coefficient (Wildman–Crippen LogP) is 7.53. The Morgan fingerprint density at radius 1 is 0.793 bits per heavy atom. The van der Waals surface area contributed by atoms with Gasteiger partial charge in [-0.1, -0.05) is 80.6 Å². The summed E-state index contributed by atoms with van der Waals surface area (Å²) in [6.45, 7) is 10.7. The minimum Gasteiger partial charge on any atom is -0.306 e. The molecule has 3 aromatic carbocycles. The van der Waals surface area contributed by atoms with Crippen LogP contribution in [0.4, 0.5) is 4.39 Å². The average Bonchev–Trinajstić information content (AvgIpc) is 2.72. The zero-order valence-corrected chi connectivity index (χ0v) is 18.2. The molecular weight excluding hydrogens is 357 g/mol. The third-order valence-corrected chi connectivity index (χ3v) is 5.55. The van der Waals surface area contributed by atoms with Gasteiger partial charge >= 0.3 is 0 Å². The zero-order valence-electron chi connectivity index (χ0n) is 18.2. The van der Waals surface area contributed by atoms with Crippen molar-refractivity contribution in [2.75, 3.05) is 0 Å². The first-order valence-corrected chi connectivity index (χ1v) is 10.5. The highest BCUT2D eigenvalue weighted by Gasteiger charge is 2.18. The average molecular weight is 390 g/mol. The van der Waals surface area contributed by atoms with Gasteiger partial charge in [-0.2, -0.15) is 0 Å². The van der Waals surface area contributed by atoms with Crippen LogP contribution in [-0.4, -0.2) is 0 Å². The summed E-state index contributed by atoms with van der Waals surface area (Å²) in [4.78, 5) is 0. The normalized spacial score (nSPS) is 12.9. The lowest BCUT2D eigenvalue weighted by molar-refractivity contribution is 0.221. The molecule has 1 N–H and O–H groups in total. The topological polar surface area (TPSA) is 12.0 Å². The van der Waals surface area contributed by atoms with E-state index in [1.165, 1.54) is 16.7 Å². The maximum Gasteiger partial charge on any atom is 0.130 e. The number of alkyl halides is 1. The van der Waals surface area contributed by atoms with Crippen molar-refractivity contribution in [1.29, 1.82) is 0 Å². The van der Waals surface area contributed by atoms with E-state index < -0.39 is 5.67 Å². The van der Waals surface area contributed by atoms with Gasteiger partial charge in [-0.05, 0) is 66.1 Å². The smallest absolute Gasteiger partial charge is 0.130 e. The molecule has 0 amide bonds. The second kappa shape index (κ2) is 8.92. The van der Waals surface area contributed by atoms with Crippen molar-refractivity contribution in [3.05, 3.63) is 95.1 Å². The van der Waals surface area contributed by atoms with Crippen LogP contribution >= 0.6 is 0 Å².